The molecular formula is C18H17Br2N3O2S2. The van der Waals surface area contributed by atoms with E-state index in [-0.39, 0.29) is 17.2 Å². The number of aromatic nitrogens is 2. The van der Waals surface area contributed by atoms with Gasteiger partial charge in [-0.15, -0.1) is 11.3 Å². The molecule has 0 aliphatic carbocycles. The van der Waals surface area contributed by atoms with Gasteiger partial charge in [-0.05, 0) is 75.9 Å². The largest absolute Gasteiger partial charge is 0.323 e. The van der Waals surface area contributed by atoms with Crippen LogP contribution in [0.5, 0.6) is 0 Å². The molecule has 0 unspecified atom stereocenters. The first-order valence-corrected chi connectivity index (χ1v) is 11.4. The number of halogens is 2. The van der Waals surface area contributed by atoms with Crippen molar-refractivity contribution in [3.63, 3.8) is 0 Å². The molecule has 142 valence electrons. The fourth-order valence-corrected chi connectivity index (χ4v) is 6.07. The van der Waals surface area contributed by atoms with Gasteiger partial charge in [-0.2, -0.15) is 0 Å². The van der Waals surface area contributed by atoms with Gasteiger partial charge in [0.05, 0.1) is 16.8 Å². The van der Waals surface area contributed by atoms with Crippen LogP contribution in [0.2, 0.25) is 0 Å². The van der Waals surface area contributed by atoms with E-state index in [1.165, 1.54) is 27.7 Å². The van der Waals surface area contributed by atoms with Crippen molar-refractivity contribution in [3.8, 4) is 0 Å². The summed E-state index contributed by atoms with van der Waals surface area (Å²) in [7, 11) is 1.69. The van der Waals surface area contributed by atoms with Crippen molar-refractivity contribution in [1.29, 1.82) is 0 Å². The van der Waals surface area contributed by atoms with Gasteiger partial charge in [0.15, 0.2) is 5.16 Å². The number of aryl methyl sites for hydroxylation is 3. The molecule has 1 N–H and O–H groups in total. The van der Waals surface area contributed by atoms with Gasteiger partial charge in [0.1, 0.15) is 4.83 Å². The highest BCUT2D eigenvalue weighted by Gasteiger charge is 2.16. The van der Waals surface area contributed by atoms with Gasteiger partial charge < -0.3 is 5.32 Å². The summed E-state index contributed by atoms with van der Waals surface area (Å²) >= 11 is 9.70. The molecule has 0 aliphatic heterocycles. The number of rotatable bonds is 4. The van der Waals surface area contributed by atoms with E-state index in [1.54, 1.807) is 7.05 Å². The van der Waals surface area contributed by atoms with Crippen LogP contribution in [0.3, 0.4) is 0 Å². The number of hydrogen-bond acceptors (Lipinski definition) is 5. The van der Waals surface area contributed by atoms with Gasteiger partial charge in [-0.3, -0.25) is 14.2 Å². The van der Waals surface area contributed by atoms with E-state index in [4.69, 9.17) is 0 Å². The number of amides is 1. The van der Waals surface area contributed by atoms with Crippen molar-refractivity contribution >= 4 is 76.8 Å². The molecule has 5 nitrogen and oxygen atoms in total. The van der Waals surface area contributed by atoms with Crippen LogP contribution in [0.1, 0.15) is 16.0 Å². The monoisotopic (exact) mass is 529 g/mol. The summed E-state index contributed by atoms with van der Waals surface area (Å²) in [5, 5.41) is 4.10. The zero-order valence-electron chi connectivity index (χ0n) is 15.1. The average molecular weight is 531 g/mol. The topological polar surface area (TPSA) is 64.0 Å². The van der Waals surface area contributed by atoms with Gasteiger partial charge in [0.25, 0.3) is 5.56 Å². The maximum absolute atomic E-state index is 12.6. The highest BCUT2D eigenvalue weighted by atomic mass is 79.9. The van der Waals surface area contributed by atoms with Crippen molar-refractivity contribution in [1.82, 2.24) is 9.55 Å². The lowest BCUT2D eigenvalue weighted by Crippen LogP contribution is -2.21. The number of hydrogen-bond donors (Lipinski definition) is 1. The molecule has 0 aliphatic rings. The van der Waals surface area contributed by atoms with Crippen LogP contribution in [0.15, 0.2) is 31.0 Å². The van der Waals surface area contributed by atoms with Crippen LogP contribution in [-0.4, -0.2) is 21.2 Å². The number of carbonyl (C=O) groups excluding carboxylic acids is 1. The minimum absolute atomic E-state index is 0.0752. The molecular weight excluding hydrogens is 514 g/mol. The second kappa shape index (κ2) is 8.06. The van der Waals surface area contributed by atoms with E-state index < -0.39 is 0 Å². The van der Waals surface area contributed by atoms with E-state index in [0.717, 1.165) is 29.8 Å². The number of fused-ring (bicyclic) bond motifs is 1. The zero-order chi connectivity index (χ0) is 19.9. The number of thioether (sulfide) groups is 1. The smallest absolute Gasteiger partial charge is 0.262 e. The summed E-state index contributed by atoms with van der Waals surface area (Å²) in [5.74, 6) is -0.0137. The second-order valence-electron chi connectivity index (χ2n) is 6.16. The molecule has 0 radical (unpaired) electrons. The summed E-state index contributed by atoms with van der Waals surface area (Å²) in [6, 6.07) is 3.88. The van der Waals surface area contributed by atoms with Crippen molar-refractivity contribution in [3.05, 3.63) is 47.4 Å². The molecule has 0 bridgehead atoms. The Morgan fingerprint density at radius 2 is 1.89 bits per heavy atom. The minimum Gasteiger partial charge on any atom is -0.323 e. The normalized spacial score (nSPS) is 11.2. The highest BCUT2D eigenvalue weighted by molar-refractivity contribution is 9.11. The second-order valence-corrected chi connectivity index (χ2v) is 10.0. The van der Waals surface area contributed by atoms with Crippen molar-refractivity contribution in [2.75, 3.05) is 11.1 Å². The molecule has 0 saturated heterocycles. The third-order valence-electron chi connectivity index (χ3n) is 4.15. The molecule has 27 heavy (non-hydrogen) atoms. The van der Waals surface area contributed by atoms with Gasteiger partial charge in [-0.1, -0.05) is 11.8 Å². The van der Waals surface area contributed by atoms with E-state index in [9.17, 15) is 9.59 Å². The lowest BCUT2D eigenvalue weighted by Gasteiger charge is -2.11. The minimum atomic E-state index is -0.168. The SMILES string of the molecule is Cc1cc(Br)c(NC(=O)CSc2nc3sc(C)c(C)c3c(=O)n2C)c(Br)c1. The number of benzene rings is 1. The van der Waals surface area contributed by atoms with Gasteiger partial charge in [0.2, 0.25) is 5.91 Å². The van der Waals surface area contributed by atoms with Crippen LogP contribution >= 0.6 is 55.0 Å². The molecule has 0 fully saturated rings. The van der Waals surface area contributed by atoms with Crippen molar-refractivity contribution in [2.24, 2.45) is 7.05 Å². The molecule has 0 saturated carbocycles. The van der Waals surface area contributed by atoms with Gasteiger partial charge >= 0.3 is 0 Å². The molecule has 9 heteroatoms. The maximum atomic E-state index is 12.6. The lowest BCUT2D eigenvalue weighted by molar-refractivity contribution is -0.113. The number of carbonyl (C=O) groups is 1. The van der Waals surface area contributed by atoms with E-state index in [2.05, 4.69) is 42.2 Å². The first kappa shape index (κ1) is 20.6. The average Bonchev–Trinajstić information content (AvgIpc) is 2.87. The fourth-order valence-electron chi connectivity index (χ4n) is 2.61. The maximum Gasteiger partial charge on any atom is 0.262 e. The summed E-state index contributed by atoms with van der Waals surface area (Å²) < 4.78 is 3.13. The van der Waals surface area contributed by atoms with E-state index >= 15 is 0 Å². The Hall–Kier alpha value is -1.16. The third kappa shape index (κ3) is 4.16. The first-order chi connectivity index (χ1) is 12.7. The Kier molecular flexibility index (Phi) is 6.14. The Bertz CT molecular complexity index is 1100. The Balaban J connectivity index is 1.80. The van der Waals surface area contributed by atoms with E-state index in [1.807, 2.05) is 32.9 Å². The zero-order valence-corrected chi connectivity index (χ0v) is 20.0. The Labute approximate surface area is 181 Å². The molecule has 3 aromatic rings. The van der Waals surface area contributed by atoms with Crippen LogP contribution in [-0.2, 0) is 11.8 Å². The number of nitrogens with one attached hydrogen (secondary N) is 1. The van der Waals surface area contributed by atoms with Crippen LogP contribution in [0.25, 0.3) is 10.2 Å². The van der Waals surface area contributed by atoms with E-state index in [0.29, 0.717) is 16.2 Å². The molecule has 2 heterocycles. The van der Waals surface area contributed by atoms with Gasteiger partial charge in [-0.25, -0.2) is 4.98 Å². The predicted molar refractivity (Wildman–Crippen MR) is 120 cm³/mol. The summed E-state index contributed by atoms with van der Waals surface area (Å²) in [4.78, 5) is 31.4. The molecule has 0 spiro atoms. The molecule has 1 aromatic carbocycles. The standard InChI is InChI=1S/C18H17Br2N3O2S2/c1-8-5-11(19)15(12(20)6-8)21-13(24)7-26-18-22-16-14(17(25)23(18)4)9(2)10(3)27-16/h5-6H,7H2,1-4H3,(H,21,24). The van der Waals surface area contributed by atoms with Crippen LogP contribution < -0.4 is 10.9 Å². The van der Waals surface area contributed by atoms with Crippen LogP contribution in [0.4, 0.5) is 5.69 Å². The highest BCUT2D eigenvalue weighted by Crippen LogP contribution is 2.33. The van der Waals surface area contributed by atoms with Gasteiger partial charge in [0, 0.05) is 20.9 Å². The summed E-state index contributed by atoms with van der Waals surface area (Å²) in [6.07, 6.45) is 0. The molecule has 1 amide bonds. The number of nitrogens with zero attached hydrogens (tertiary/aromatic N) is 2. The molecule has 3 rings (SSSR count). The van der Waals surface area contributed by atoms with Crippen molar-refractivity contribution < 1.29 is 4.79 Å². The molecule has 0 atom stereocenters. The predicted octanol–water partition coefficient (Wildman–Crippen LogP) is 5.18. The fraction of sp³-hybridized carbons (Fsp3) is 0.278. The number of anilines is 1. The number of thiophene rings is 1. The quantitative estimate of drug-likeness (QED) is 0.373. The lowest BCUT2D eigenvalue weighted by atomic mass is 10.2. The van der Waals surface area contributed by atoms with Crippen molar-refractivity contribution in [2.45, 2.75) is 25.9 Å². The Morgan fingerprint density at radius 1 is 1.26 bits per heavy atom. The Morgan fingerprint density at radius 3 is 2.52 bits per heavy atom. The summed E-state index contributed by atoms with van der Waals surface area (Å²) in [6.45, 7) is 5.90. The third-order valence-corrected chi connectivity index (χ3v) is 7.53. The summed E-state index contributed by atoms with van der Waals surface area (Å²) in [5.41, 5.74) is 2.67. The first-order valence-electron chi connectivity index (χ1n) is 8.04. The van der Waals surface area contributed by atoms with Crippen LogP contribution in [0, 0.1) is 20.8 Å². The molecule has 2 aromatic heterocycles.